The van der Waals surface area contributed by atoms with E-state index in [4.69, 9.17) is 16.6 Å². The third kappa shape index (κ3) is 4.54. The fourth-order valence-corrected chi connectivity index (χ4v) is 4.54. The number of halogens is 2. The van der Waals surface area contributed by atoms with E-state index < -0.39 is 0 Å². The van der Waals surface area contributed by atoms with Gasteiger partial charge in [0.25, 0.3) is 5.91 Å². The van der Waals surface area contributed by atoms with Crippen LogP contribution in [-0.4, -0.2) is 52.9 Å². The number of likely N-dealkylation sites (N-methyl/N-ethyl adjacent to an activating group) is 1. The van der Waals surface area contributed by atoms with Crippen molar-refractivity contribution in [3.8, 4) is 0 Å². The predicted molar refractivity (Wildman–Crippen MR) is 126 cm³/mol. The minimum absolute atomic E-state index is 0. The Morgan fingerprint density at radius 1 is 1.07 bits per heavy atom. The Morgan fingerprint density at radius 3 is 2.53 bits per heavy atom. The van der Waals surface area contributed by atoms with E-state index in [1.54, 1.807) is 29.4 Å². The number of hydrogen-bond acceptors (Lipinski definition) is 6. The first kappa shape index (κ1) is 22.4. The van der Waals surface area contributed by atoms with E-state index in [0.29, 0.717) is 27.8 Å². The molecule has 0 aliphatic heterocycles. The van der Waals surface area contributed by atoms with Crippen LogP contribution >= 0.6 is 35.3 Å². The predicted octanol–water partition coefficient (Wildman–Crippen LogP) is 4.83. The molecule has 2 aromatic heterocycles. The molecule has 1 amide bonds. The maximum Gasteiger partial charge on any atom is 0.260 e. The summed E-state index contributed by atoms with van der Waals surface area (Å²) >= 11 is 7.68. The number of hydrogen-bond donors (Lipinski definition) is 0. The van der Waals surface area contributed by atoms with Gasteiger partial charge in [-0.25, -0.2) is 4.98 Å². The highest BCUT2D eigenvalue weighted by atomic mass is 35.5. The second-order valence-electron chi connectivity index (χ2n) is 7.09. The van der Waals surface area contributed by atoms with Crippen molar-refractivity contribution in [2.45, 2.75) is 6.92 Å². The molecule has 2 heterocycles. The first-order chi connectivity index (χ1) is 13.9. The number of carbonyl (C=O) groups is 1. The molecule has 0 aliphatic rings. The van der Waals surface area contributed by atoms with E-state index in [1.165, 1.54) is 11.3 Å². The maximum absolute atomic E-state index is 13.4. The van der Waals surface area contributed by atoms with E-state index in [-0.39, 0.29) is 18.3 Å². The molecule has 4 aromatic rings. The van der Waals surface area contributed by atoms with Crippen LogP contribution in [0.4, 0.5) is 5.13 Å². The highest BCUT2D eigenvalue weighted by Crippen LogP contribution is 2.33. The molecule has 0 N–H and O–H groups in total. The molecule has 30 heavy (non-hydrogen) atoms. The van der Waals surface area contributed by atoms with E-state index in [2.05, 4.69) is 9.97 Å². The van der Waals surface area contributed by atoms with Crippen LogP contribution in [0.1, 0.15) is 15.9 Å². The zero-order valence-electron chi connectivity index (χ0n) is 16.8. The summed E-state index contributed by atoms with van der Waals surface area (Å²) in [6.45, 7) is 3.22. The summed E-state index contributed by atoms with van der Waals surface area (Å²) < 4.78 is 0.969. The molecule has 156 valence electrons. The van der Waals surface area contributed by atoms with Gasteiger partial charge in [-0.3, -0.25) is 19.7 Å². The van der Waals surface area contributed by atoms with Gasteiger partial charge in [0.15, 0.2) is 5.13 Å². The van der Waals surface area contributed by atoms with Crippen LogP contribution in [-0.2, 0) is 0 Å². The van der Waals surface area contributed by atoms with Crippen LogP contribution in [0.15, 0.2) is 42.7 Å². The molecule has 0 unspecified atom stereocenters. The fourth-order valence-electron chi connectivity index (χ4n) is 3.09. The summed E-state index contributed by atoms with van der Waals surface area (Å²) in [6.07, 6.45) is 3.27. The van der Waals surface area contributed by atoms with Crippen LogP contribution in [0.2, 0.25) is 5.02 Å². The van der Waals surface area contributed by atoms with Gasteiger partial charge in [0.1, 0.15) is 0 Å². The summed E-state index contributed by atoms with van der Waals surface area (Å²) in [4.78, 5) is 30.6. The Labute approximate surface area is 189 Å². The van der Waals surface area contributed by atoms with Crippen molar-refractivity contribution in [3.05, 3.63) is 58.9 Å². The summed E-state index contributed by atoms with van der Waals surface area (Å²) in [6, 6.07) is 9.18. The monoisotopic (exact) mass is 461 g/mol. The van der Waals surface area contributed by atoms with Crippen LogP contribution < -0.4 is 4.90 Å². The zero-order valence-corrected chi connectivity index (χ0v) is 19.2. The van der Waals surface area contributed by atoms with Gasteiger partial charge >= 0.3 is 0 Å². The molecule has 0 aliphatic carbocycles. The molecular weight excluding hydrogens is 441 g/mol. The molecule has 4 rings (SSSR count). The fraction of sp³-hybridized carbons (Fsp3) is 0.238. The van der Waals surface area contributed by atoms with E-state index in [0.717, 1.165) is 27.8 Å². The molecule has 9 heteroatoms. The van der Waals surface area contributed by atoms with E-state index in [9.17, 15) is 4.79 Å². The van der Waals surface area contributed by atoms with Gasteiger partial charge < -0.3 is 4.90 Å². The number of carbonyl (C=O) groups excluding carboxylic acids is 1. The van der Waals surface area contributed by atoms with Gasteiger partial charge in [-0.2, -0.15) is 0 Å². The number of aryl methyl sites for hydroxylation is 1. The summed E-state index contributed by atoms with van der Waals surface area (Å²) in [5, 5.41) is 1.33. The number of benzene rings is 2. The number of fused-ring (bicyclic) bond motifs is 2. The minimum Gasteiger partial charge on any atom is -0.308 e. The first-order valence-corrected chi connectivity index (χ1v) is 10.4. The third-order valence-electron chi connectivity index (χ3n) is 4.60. The van der Waals surface area contributed by atoms with Crippen LogP contribution in [0.25, 0.3) is 21.3 Å². The molecule has 0 radical (unpaired) electrons. The summed E-state index contributed by atoms with van der Waals surface area (Å²) in [7, 11) is 3.97. The Balaban J connectivity index is 0.00000256. The molecule has 0 saturated heterocycles. The van der Waals surface area contributed by atoms with Gasteiger partial charge in [-0.1, -0.05) is 22.9 Å². The highest BCUT2D eigenvalue weighted by molar-refractivity contribution is 7.22. The van der Waals surface area contributed by atoms with Crippen LogP contribution in [0.5, 0.6) is 0 Å². The number of anilines is 1. The topological polar surface area (TPSA) is 62.2 Å². The lowest BCUT2D eigenvalue weighted by molar-refractivity contribution is 0.0985. The van der Waals surface area contributed by atoms with Crippen molar-refractivity contribution in [2.24, 2.45) is 0 Å². The quantitative estimate of drug-likeness (QED) is 0.425. The molecule has 0 saturated carbocycles. The molecule has 6 nitrogen and oxygen atoms in total. The molecule has 2 aromatic carbocycles. The van der Waals surface area contributed by atoms with Crippen molar-refractivity contribution in [3.63, 3.8) is 0 Å². The van der Waals surface area contributed by atoms with Crippen molar-refractivity contribution in [1.29, 1.82) is 0 Å². The van der Waals surface area contributed by atoms with E-state index >= 15 is 0 Å². The zero-order chi connectivity index (χ0) is 20.5. The number of rotatable bonds is 5. The second kappa shape index (κ2) is 9.22. The normalized spacial score (nSPS) is 11.1. The lowest BCUT2D eigenvalue weighted by Crippen LogP contribution is -2.36. The molecule has 0 fully saturated rings. The number of thiazole rings is 1. The summed E-state index contributed by atoms with van der Waals surface area (Å²) in [5.41, 5.74) is 3.88. The highest BCUT2D eigenvalue weighted by Gasteiger charge is 2.22. The Kier molecular flexibility index (Phi) is 6.88. The molecule has 0 spiro atoms. The van der Waals surface area contributed by atoms with Crippen molar-refractivity contribution < 1.29 is 4.79 Å². The first-order valence-electron chi connectivity index (χ1n) is 9.16. The Bertz CT molecular complexity index is 1210. The second-order valence-corrected chi connectivity index (χ2v) is 8.53. The van der Waals surface area contributed by atoms with Gasteiger partial charge in [0.2, 0.25) is 0 Å². The van der Waals surface area contributed by atoms with Crippen molar-refractivity contribution in [1.82, 2.24) is 19.9 Å². The van der Waals surface area contributed by atoms with Gasteiger partial charge in [-0.15, -0.1) is 12.4 Å². The van der Waals surface area contributed by atoms with Crippen molar-refractivity contribution in [2.75, 3.05) is 32.1 Å². The van der Waals surface area contributed by atoms with Crippen LogP contribution in [0, 0.1) is 6.92 Å². The lowest BCUT2D eigenvalue weighted by Gasteiger charge is -2.22. The smallest absolute Gasteiger partial charge is 0.260 e. The van der Waals surface area contributed by atoms with Gasteiger partial charge in [0.05, 0.1) is 21.3 Å². The van der Waals surface area contributed by atoms with Gasteiger partial charge in [-0.05, 0) is 56.9 Å². The Morgan fingerprint density at radius 2 is 1.80 bits per heavy atom. The molecule has 0 bridgehead atoms. The number of nitrogens with zero attached hydrogens (tertiary/aromatic N) is 5. The summed E-state index contributed by atoms with van der Waals surface area (Å²) in [5.74, 6) is -0.109. The molecular formula is C21H21Cl2N5OS. The average Bonchev–Trinajstić information content (AvgIpc) is 3.11. The number of amides is 1. The van der Waals surface area contributed by atoms with Crippen molar-refractivity contribution >= 4 is 67.6 Å². The van der Waals surface area contributed by atoms with Gasteiger partial charge in [0, 0.05) is 36.1 Å². The molecule has 0 atom stereocenters. The minimum atomic E-state index is -0.109. The average molecular weight is 462 g/mol. The SMILES string of the molecule is Cc1cc(Cl)cc2sc(N(CCN(C)C)C(=O)c3ccc4nccnc4c3)nc12.Cl. The maximum atomic E-state index is 13.4. The third-order valence-corrected chi connectivity index (χ3v) is 5.85. The largest absolute Gasteiger partial charge is 0.308 e. The Hall–Kier alpha value is -2.32. The van der Waals surface area contributed by atoms with Crippen LogP contribution in [0.3, 0.4) is 0 Å². The standard InChI is InChI=1S/C21H20ClN5OS.ClH/c1-13-10-15(22)12-18-19(13)25-21(29-18)27(9-8-26(2)3)20(28)14-4-5-16-17(11-14)24-7-6-23-16;/h4-7,10-12H,8-9H2,1-3H3;1H. The van der Waals surface area contributed by atoms with E-state index in [1.807, 2.05) is 44.1 Å². The number of aromatic nitrogens is 3. The lowest BCUT2D eigenvalue weighted by atomic mass is 10.1.